The first kappa shape index (κ1) is 5.83. The lowest BCUT2D eigenvalue weighted by Gasteiger charge is -1.73. The predicted octanol–water partition coefficient (Wildman–Crippen LogP) is 0.230. The van der Waals surface area contributed by atoms with Crippen LogP contribution in [-0.4, -0.2) is 19.0 Å². The average Bonchev–Trinajstić information content (AvgIpc) is 1.72. The van der Waals surface area contributed by atoms with Crippen LogP contribution in [0.2, 0.25) is 0 Å². The van der Waals surface area contributed by atoms with Gasteiger partial charge in [0.1, 0.15) is 6.07 Å². The molecule has 0 atom stereocenters. The summed E-state index contributed by atoms with van der Waals surface area (Å²) < 4.78 is 0. The quantitative estimate of drug-likeness (QED) is 0.465. The van der Waals surface area contributed by atoms with Crippen LogP contribution in [0.1, 0.15) is 0 Å². The Morgan fingerprint density at radius 3 is 2.57 bits per heavy atom. The summed E-state index contributed by atoms with van der Waals surface area (Å²) >= 11 is 0. The van der Waals surface area contributed by atoms with Gasteiger partial charge < -0.3 is 5.41 Å². The molecule has 1 N–H and O–H groups in total. The first-order chi connectivity index (χ1) is 3.35. The van der Waals surface area contributed by atoms with Crippen molar-refractivity contribution in [2.75, 3.05) is 7.05 Å². The SMILES string of the molecule is C/N=C(/C#N)C=N. The van der Waals surface area contributed by atoms with Crippen LogP contribution >= 0.6 is 0 Å². The smallest absolute Gasteiger partial charge is 0.152 e. The van der Waals surface area contributed by atoms with Gasteiger partial charge in [0.05, 0.1) is 6.21 Å². The molecule has 3 heteroatoms. The molecule has 0 unspecified atom stereocenters. The second kappa shape index (κ2) is 3.04. The van der Waals surface area contributed by atoms with Gasteiger partial charge in [-0.2, -0.15) is 5.26 Å². The zero-order valence-electron chi connectivity index (χ0n) is 3.97. The Balaban J connectivity index is 3.94. The molecule has 0 aromatic carbocycles. The standard InChI is InChI=1S/C4H5N3/c1-7-4(2-5)3-6/h2,5H,1H3/b5-2?,7-4+. The third kappa shape index (κ3) is 1.66. The third-order valence-corrected chi connectivity index (χ3v) is 0.492. The van der Waals surface area contributed by atoms with Crippen LogP contribution in [0.25, 0.3) is 0 Å². The predicted molar refractivity (Wildman–Crippen MR) is 27.8 cm³/mol. The van der Waals surface area contributed by atoms with E-state index in [4.69, 9.17) is 10.7 Å². The summed E-state index contributed by atoms with van der Waals surface area (Å²) in [4.78, 5) is 3.44. The fourth-order valence-electron chi connectivity index (χ4n) is 0.147. The van der Waals surface area contributed by atoms with Crippen molar-refractivity contribution >= 4 is 11.9 Å². The maximum absolute atomic E-state index is 7.99. The van der Waals surface area contributed by atoms with Gasteiger partial charge in [0.25, 0.3) is 0 Å². The lowest BCUT2D eigenvalue weighted by Crippen LogP contribution is -1.91. The Kier molecular flexibility index (Phi) is 2.53. The highest BCUT2D eigenvalue weighted by Gasteiger charge is 1.81. The fraction of sp³-hybridized carbons (Fsp3) is 0.250. The molecule has 0 radical (unpaired) electrons. The lowest BCUT2D eigenvalue weighted by atomic mass is 10.5. The topological polar surface area (TPSA) is 60.0 Å². The molecule has 0 saturated heterocycles. The first-order valence-electron chi connectivity index (χ1n) is 1.72. The molecule has 0 aliphatic heterocycles. The minimum absolute atomic E-state index is 0.153. The maximum Gasteiger partial charge on any atom is 0.152 e. The molecule has 3 nitrogen and oxygen atoms in total. The molecule has 0 fully saturated rings. The van der Waals surface area contributed by atoms with Crippen molar-refractivity contribution < 1.29 is 0 Å². The van der Waals surface area contributed by atoms with Gasteiger partial charge in [0.2, 0.25) is 0 Å². The number of nitrogens with one attached hydrogen (secondary N) is 1. The molecule has 7 heavy (non-hydrogen) atoms. The number of nitrogens with zero attached hydrogens (tertiary/aromatic N) is 2. The monoisotopic (exact) mass is 95.0 g/mol. The van der Waals surface area contributed by atoms with Crippen LogP contribution in [0.15, 0.2) is 4.99 Å². The van der Waals surface area contributed by atoms with Crippen molar-refractivity contribution in [3.8, 4) is 6.07 Å². The van der Waals surface area contributed by atoms with Crippen molar-refractivity contribution in [1.82, 2.24) is 0 Å². The second-order valence-electron chi connectivity index (χ2n) is 0.865. The summed E-state index contributed by atoms with van der Waals surface area (Å²) in [5.74, 6) is 0. The zero-order valence-corrected chi connectivity index (χ0v) is 3.97. The van der Waals surface area contributed by atoms with Crippen molar-refractivity contribution in [2.45, 2.75) is 0 Å². The summed E-state index contributed by atoms with van der Waals surface area (Å²) in [6.07, 6.45) is 0.917. The van der Waals surface area contributed by atoms with Crippen molar-refractivity contribution in [3.63, 3.8) is 0 Å². The lowest BCUT2D eigenvalue weighted by molar-refractivity contribution is 1.44. The minimum Gasteiger partial charge on any atom is -0.306 e. The average molecular weight is 95.1 g/mol. The number of nitriles is 1. The summed E-state index contributed by atoms with van der Waals surface area (Å²) in [7, 11) is 1.48. The van der Waals surface area contributed by atoms with E-state index in [0.717, 1.165) is 6.21 Å². The molecular formula is C4H5N3. The van der Waals surface area contributed by atoms with Gasteiger partial charge >= 0.3 is 0 Å². The van der Waals surface area contributed by atoms with E-state index in [9.17, 15) is 0 Å². The third-order valence-electron chi connectivity index (χ3n) is 0.492. The Morgan fingerprint density at radius 1 is 2.00 bits per heavy atom. The van der Waals surface area contributed by atoms with Crippen molar-refractivity contribution in [2.24, 2.45) is 4.99 Å². The van der Waals surface area contributed by atoms with E-state index in [0.29, 0.717) is 0 Å². The normalized spacial score (nSPS) is 10.0. The molecule has 0 bridgehead atoms. The van der Waals surface area contributed by atoms with E-state index in [1.54, 1.807) is 6.07 Å². The number of rotatable bonds is 1. The van der Waals surface area contributed by atoms with Crippen molar-refractivity contribution in [1.29, 1.82) is 10.7 Å². The van der Waals surface area contributed by atoms with Gasteiger partial charge in [-0.1, -0.05) is 0 Å². The molecule has 0 rings (SSSR count). The molecule has 0 spiro atoms. The van der Waals surface area contributed by atoms with Gasteiger partial charge in [-0.25, -0.2) is 0 Å². The van der Waals surface area contributed by atoms with Crippen LogP contribution in [0.4, 0.5) is 0 Å². The Hall–Kier alpha value is -1.17. The van der Waals surface area contributed by atoms with E-state index in [2.05, 4.69) is 4.99 Å². The maximum atomic E-state index is 7.99. The van der Waals surface area contributed by atoms with Crippen molar-refractivity contribution in [3.05, 3.63) is 0 Å². The van der Waals surface area contributed by atoms with Crippen LogP contribution in [0.5, 0.6) is 0 Å². The molecule has 0 amide bonds. The molecule has 0 aliphatic carbocycles. The van der Waals surface area contributed by atoms with E-state index in [1.807, 2.05) is 0 Å². The van der Waals surface area contributed by atoms with E-state index < -0.39 is 0 Å². The van der Waals surface area contributed by atoms with Crippen LogP contribution in [0.3, 0.4) is 0 Å². The molecule has 36 valence electrons. The van der Waals surface area contributed by atoms with Crippen LogP contribution in [-0.2, 0) is 0 Å². The Morgan fingerprint density at radius 2 is 2.57 bits per heavy atom. The van der Waals surface area contributed by atoms with E-state index in [1.165, 1.54) is 7.05 Å². The van der Waals surface area contributed by atoms with Gasteiger partial charge in [-0.3, -0.25) is 4.99 Å². The number of hydrogen-bond acceptors (Lipinski definition) is 3. The Bertz CT molecular complexity index is 128. The van der Waals surface area contributed by atoms with Gasteiger partial charge in [0.15, 0.2) is 5.71 Å². The summed E-state index contributed by atoms with van der Waals surface area (Å²) in [5, 5.41) is 14.5. The molecule has 0 aromatic heterocycles. The molecule has 0 saturated carbocycles. The summed E-state index contributed by atoms with van der Waals surface area (Å²) in [6.45, 7) is 0. The summed E-state index contributed by atoms with van der Waals surface area (Å²) in [6, 6.07) is 1.71. The molecular weight excluding hydrogens is 90.1 g/mol. The van der Waals surface area contributed by atoms with Gasteiger partial charge in [-0.05, 0) is 0 Å². The zero-order chi connectivity index (χ0) is 5.70. The largest absolute Gasteiger partial charge is 0.306 e. The molecule has 0 heterocycles. The van der Waals surface area contributed by atoms with Crippen LogP contribution in [0, 0.1) is 16.7 Å². The second-order valence-corrected chi connectivity index (χ2v) is 0.865. The van der Waals surface area contributed by atoms with Crippen LogP contribution < -0.4 is 0 Å². The van der Waals surface area contributed by atoms with Gasteiger partial charge in [0, 0.05) is 7.05 Å². The Labute approximate surface area is 41.8 Å². The highest BCUT2D eigenvalue weighted by Crippen LogP contribution is 1.63. The van der Waals surface area contributed by atoms with E-state index >= 15 is 0 Å². The first-order valence-corrected chi connectivity index (χ1v) is 1.72. The van der Waals surface area contributed by atoms with Gasteiger partial charge in [-0.15, -0.1) is 0 Å². The molecule has 0 aromatic rings. The minimum atomic E-state index is 0.153. The van der Waals surface area contributed by atoms with E-state index in [-0.39, 0.29) is 5.71 Å². The molecule has 0 aliphatic rings. The highest BCUT2D eigenvalue weighted by molar-refractivity contribution is 6.36. The number of hydrogen-bond donors (Lipinski definition) is 1. The highest BCUT2D eigenvalue weighted by atomic mass is 14.7. The number of aliphatic imine (C=N–C) groups is 1. The summed E-state index contributed by atoms with van der Waals surface area (Å²) in [5.41, 5.74) is 0.153. The fourth-order valence-corrected chi connectivity index (χ4v) is 0.147.